The lowest BCUT2D eigenvalue weighted by Crippen LogP contribution is -2.15. The number of aromatic hydroxyl groups is 1. The molecule has 0 bridgehead atoms. The van der Waals surface area contributed by atoms with Gasteiger partial charge in [0.15, 0.2) is 0 Å². The molecule has 2 aromatic carbocycles. The number of rotatable bonds is 3. The number of halogens is 2. The summed E-state index contributed by atoms with van der Waals surface area (Å²) in [5, 5.41) is 12.0. The Hall–Kier alpha value is -1.88. The van der Waals surface area contributed by atoms with Crippen LogP contribution in [0.2, 0.25) is 0 Å². The van der Waals surface area contributed by atoms with Gasteiger partial charge in [-0.1, -0.05) is 12.1 Å². The number of carbonyl (C=O) groups excluding carboxylic acids is 1. The first-order valence-corrected chi connectivity index (χ1v) is 6.78. The van der Waals surface area contributed by atoms with Crippen molar-refractivity contribution in [1.82, 2.24) is 0 Å². The molecule has 20 heavy (non-hydrogen) atoms. The van der Waals surface area contributed by atoms with Crippen molar-refractivity contribution in [1.29, 1.82) is 0 Å². The minimum absolute atomic E-state index is 0.112. The van der Waals surface area contributed by atoms with E-state index in [9.17, 15) is 14.3 Å². The number of carbonyl (C=O) groups is 1. The molecule has 0 aliphatic heterocycles. The number of phenolic OH excluding ortho intramolecular Hbond substituents is 1. The second kappa shape index (κ2) is 6.05. The van der Waals surface area contributed by atoms with Crippen LogP contribution >= 0.6 is 15.9 Å². The third-order valence-electron chi connectivity index (χ3n) is 2.82. The fourth-order valence-corrected chi connectivity index (χ4v) is 2.29. The van der Waals surface area contributed by atoms with Gasteiger partial charge in [-0.25, -0.2) is 4.39 Å². The Morgan fingerprint density at radius 3 is 2.80 bits per heavy atom. The standard InChI is InChI=1S/C15H13BrFNO2/c1-9-5-12(16)13(17)8-14(9)18-15(20)7-10-3-2-4-11(19)6-10/h2-6,8,19H,7H2,1H3,(H,18,20). The highest BCUT2D eigenvalue weighted by molar-refractivity contribution is 9.10. The van der Waals surface area contributed by atoms with E-state index in [-0.39, 0.29) is 18.1 Å². The van der Waals surface area contributed by atoms with E-state index in [1.165, 1.54) is 18.2 Å². The van der Waals surface area contributed by atoms with Crippen molar-refractivity contribution >= 4 is 27.5 Å². The van der Waals surface area contributed by atoms with Crippen LogP contribution in [-0.4, -0.2) is 11.0 Å². The minimum Gasteiger partial charge on any atom is -0.508 e. The van der Waals surface area contributed by atoms with Crippen LogP contribution in [0.3, 0.4) is 0 Å². The Labute approximate surface area is 124 Å². The molecule has 0 radical (unpaired) electrons. The monoisotopic (exact) mass is 337 g/mol. The number of anilines is 1. The lowest BCUT2D eigenvalue weighted by atomic mass is 10.1. The van der Waals surface area contributed by atoms with E-state index < -0.39 is 5.82 Å². The molecule has 0 spiro atoms. The minimum atomic E-state index is -0.428. The molecular formula is C15H13BrFNO2. The van der Waals surface area contributed by atoms with Gasteiger partial charge in [0.25, 0.3) is 0 Å². The van der Waals surface area contributed by atoms with Crippen molar-refractivity contribution in [3.8, 4) is 5.75 Å². The molecule has 2 rings (SSSR count). The average molecular weight is 338 g/mol. The van der Waals surface area contributed by atoms with Crippen LogP contribution in [0.4, 0.5) is 10.1 Å². The van der Waals surface area contributed by atoms with Gasteiger partial charge in [-0.2, -0.15) is 0 Å². The van der Waals surface area contributed by atoms with Crippen molar-refractivity contribution < 1.29 is 14.3 Å². The molecule has 0 atom stereocenters. The Bertz CT molecular complexity index is 658. The molecule has 5 heteroatoms. The third-order valence-corrected chi connectivity index (χ3v) is 3.42. The van der Waals surface area contributed by atoms with E-state index in [2.05, 4.69) is 21.2 Å². The van der Waals surface area contributed by atoms with E-state index in [0.717, 1.165) is 5.56 Å². The summed E-state index contributed by atoms with van der Waals surface area (Å²) >= 11 is 3.09. The first kappa shape index (κ1) is 14.5. The van der Waals surface area contributed by atoms with Crippen LogP contribution < -0.4 is 5.32 Å². The number of phenols is 1. The lowest BCUT2D eigenvalue weighted by molar-refractivity contribution is -0.115. The van der Waals surface area contributed by atoms with Crippen LogP contribution in [0, 0.1) is 12.7 Å². The molecule has 3 nitrogen and oxygen atoms in total. The van der Waals surface area contributed by atoms with E-state index >= 15 is 0 Å². The Balaban J connectivity index is 2.10. The van der Waals surface area contributed by atoms with Gasteiger partial charge in [-0.15, -0.1) is 0 Å². The van der Waals surface area contributed by atoms with Crippen LogP contribution in [-0.2, 0) is 11.2 Å². The van der Waals surface area contributed by atoms with Gasteiger partial charge in [-0.3, -0.25) is 4.79 Å². The summed E-state index contributed by atoms with van der Waals surface area (Å²) in [7, 11) is 0. The summed E-state index contributed by atoms with van der Waals surface area (Å²) < 4.78 is 13.8. The number of hydrogen-bond acceptors (Lipinski definition) is 2. The largest absolute Gasteiger partial charge is 0.508 e. The molecule has 104 valence electrons. The summed E-state index contributed by atoms with van der Waals surface area (Å²) in [6, 6.07) is 9.36. The van der Waals surface area contributed by atoms with Crippen molar-refractivity contribution in [3.05, 3.63) is 57.8 Å². The van der Waals surface area contributed by atoms with Gasteiger partial charge in [0.1, 0.15) is 11.6 Å². The Morgan fingerprint density at radius 2 is 2.10 bits per heavy atom. The maximum atomic E-state index is 13.5. The molecule has 1 amide bonds. The predicted molar refractivity (Wildman–Crippen MR) is 79.3 cm³/mol. The first-order valence-electron chi connectivity index (χ1n) is 5.99. The molecule has 0 heterocycles. The second-order valence-corrected chi connectivity index (χ2v) is 5.33. The van der Waals surface area contributed by atoms with Gasteiger partial charge in [-0.05, 0) is 58.2 Å². The summed E-state index contributed by atoms with van der Waals surface area (Å²) in [4.78, 5) is 11.9. The predicted octanol–water partition coefficient (Wildman–Crippen LogP) is 3.78. The van der Waals surface area contributed by atoms with Gasteiger partial charge in [0.2, 0.25) is 5.91 Å². The number of aryl methyl sites for hydroxylation is 1. The average Bonchev–Trinajstić information content (AvgIpc) is 2.36. The molecule has 0 unspecified atom stereocenters. The molecule has 0 aliphatic rings. The van der Waals surface area contributed by atoms with Crippen molar-refractivity contribution in [3.63, 3.8) is 0 Å². The molecule has 2 aromatic rings. The van der Waals surface area contributed by atoms with Crippen LogP contribution in [0.5, 0.6) is 5.75 Å². The number of amides is 1. The van der Waals surface area contributed by atoms with Gasteiger partial charge >= 0.3 is 0 Å². The first-order chi connectivity index (χ1) is 9.45. The molecule has 0 saturated heterocycles. The molecule has 0 saturated carbocycles. The molecular weight excluding hydrogens is 325 g/mol. The zero-order valence-corrected chi connectivity index (χ0v) is 12.4. The van der Waals surface area contributed by atoms with Crippen molar-refractivity contribution in [2.75, 3.05) is 5.32 Å². The number of benzene rings is 2. The Kier molecular flexibility index (Phi) is 4.39. The summed E-state index contributed by atoms with van der Waals surface area (Å²) in [5.41, 5.74) is 1.90. The van der Waals surface area contributed by atoms with Gasteiger partial charge < -0.3 is 10.4 Å². The van der Waals surface area contributed by atoms with Crippen molar-refractivity contribution in [2.45, 2.75) is 13.3 Å². The zero-order chi connectivity index (χ0) is 14.7. The topological polar surface area (TPSA) is 49.3 Å². The van der Waals surface area contributed by atoms with E-state index in [0.29, 0.717) is 15.7 Å². The summed E-state index contributed by atoms with van der Waals surface area (Å²) in [6.45, 7) is 1.79. The maximum Gasteiger partial charge on any atom is 0.228 e. The summed E-state index contributed by atoms with van der Waals surface area (Å²) in [6.07, 6.45) is 0.117. The zero-order valence-electron chi connectivity index (χ0n) is 10.8. The Morgan fingerprint density at radius 1 is 1.35 bits per heavy atom. The van der Waals surface area contributed by atoms with E-state index in [1.54, 1.807) is 25.1 Å². The normalized spacial score (nSPS) is 10.3. The number of hydrogen-bond donors (Lipinski definition) is 2. The van der Waals surface area contributed by atoms with Crippen LogP contribution in [0.25, 0.3) is 0 Å². The fourth-order valence-electron chi connectivity index (χ4n) is 1.83. The second-order valence-electron chi connectivity index (χ2n) is 4.48. The maximum absolute atomic E-state index is 13.5. The highest BCUT2D eigenvalue weighted by Gasteiger charge is 2.09. The molecule has 2 N–H and O–H groups in total. The van der Waals surface area contributed by atoms with Gasteiger partial charge in [0.05, 0.1) is 10.9 Å². The molecule has 0 aliphatic carbocycles. The SMILES string of the molecule is Cc1cc(Br)c(F)cc1NC(=O)Cc1cccc(O)c1. The molecule has 0 aromatic heterocycles. The van der Waals surface area contributed by atoms with Crippen LogP contribution in [0.1, 0.15) is 11.1 Å². The van der Waals surface area contributed by atoms with Gasteiger partial charge in [0, 0.05) is 5.69 Å². The van der Waals surface area contributed by atoms with Crippen molar-refractivity contribution in [2.24, 2.45) is 0 Å². The van der Waals surface area contributed by atoms with E-state index in [1.807, 2.05) is 0 Å². The van der Waals surface area contributed by atoms with E-state index in [4.69, 9.17) is 0 Å². The smallest absolute Gasteiger partial charge is 0.228 e. The lowest BCUT2D eigenvalue weighted by Gasteiger charge is -2.09. The highest BCUT2D eigenvalue weighted by atomic mass is 79.9. The fraction of sp³-hybridized carbons (Fsp3) is 0.133. The van der Waals surface area contributed by atoms with Crippen LogP contribution in [0.15, 0.2) is 40.9 Å². The summed E-state index contributed by atoms with van der Waals surface area (Å²) in [5.74, 6) is -0.579. The highest BCUT2D eigenvalue weighted by Crippen LogP contribution is 2.24. The number of nitrogens with one attached hydrogen (secondary N) is 1. The third kappa shape index (κ3) is 3.57. The molecule has 0 fully saturated rings. The quantitative estimate of drug-likeness (QED) is 0.895.